The zero-order valence-electron chi connectivity index (χ0n) is 12.5. The zero-order chi connectivity index (χ0) is 13.9. The molecule has 106 valence electrons. The summed E-state index contributed by atoms with van der Waals surface area (Å²) in [6, 6.07) is 8.46. The monoisotopic (exact) mass is 261 g/mol. The molecule has 19 heavy (non-hydrogen) atoms. The summed E-state index contributed by atoms with van der Waals surface area (Å²) in [5.41, 5.74) is 2.80. The molecule has 0 aliphatic carbocycles. The molecule has 1 aromatic carbocycles. The first kappa shape index (κ1) is 14.4. The Balaban J connectivity index is 2.05. The summed E-state index contributed by atoms with van der Waals surface area (Å²) in [5.74, 6) is 0. The highest BCUT2D eigenvalue weighted by atomic mass is 16.3. The van der Waals surface area contributed by atoms with Crippen molar-refractivity contribution in [3.8, 4) is 0 Å². The van der Waals surface area contributed by atoms with Gasteiger partial charge < -0.3 is 10.0 Å². The van der Waals surface area contributed by atoms with Crippen LogP contribution in [0.15, 0.2) is 24.3 Å². The maximum absolute atomic E-state index is 9.83. The van der Waals surface area contributed by atoms with Gasteiger partial charge in [-0.15, -0.1) is 0 Å². The molecule has 1 unspecified atom stereocenters. The fraction of sp³-hybridized carbons (Fsp3) is 0.647. The van der Waals surface area contributed by atoms with E-state index in [4.69, 9.17) is 0 Å². The second kappa shape index (κ2) is 5.96. The highest BCUT2D eigenvalue weighted by Gasteiger charge is 2.23. The second-order valence-corrected chi connectivity index (χ2v) is 6.52. The molecule has 1 aliphatic heterocycles. The van der Waals surface area contributed by atoms with Crippen LogP contribution in [0.5, 0.6) is 0 Å². The van der Waals surface area contributed by atoms with Crippen molar-refractivity contribution in [2.45, 2.75) is 52.6 Å². The fourth-order valence-electron chi connectivity index (χ4n) is 2.82. The van der Waals surface area contributed by atoms with Gasteiger partial charge in [-0.2, -0.15) is 0 Å². The average Bonchev–Trinajstić information content (AvgIpc) is 2.59. The number of benzene rings is 1. The van der Waals surface area contributed by atoms with E-state index in [1.54, 1.807) is 0 Å². The van der Waals surface area contributed by atoms with Crippen molar-refractivity contribution < 1.29 is 5.11 Å². The van der Waals surface area contributed by atoms with Crippen LogP contribution in [0.3, 0.4) is 0 Å². The van der Waals surface area contributed by atoms with Gasteiger partial charge in [-0.3, -0.25) is 0 Å². The van der Waals surface area contributed by atoms with E-state index in [1.165, 1.54) is 24.9 Å². The van der Waals surface area contributed by atoms with Crippen molar-refractivity contribution in [1.29, 1.82) is 0 Å². The van der Waals surface area contributed by atoms with Crippen LogP contribution >= 0.6 is 0 Å². The fourth-order valence-corrected chi connectivity index (χ4v) is 2.82. The minimum atomic E-state index is -0.322. The number of aliphatic hydroxyl groups is 1. The third-order valence-electron chi connectivity index (χ3n) is 4.37. The van der Waals surface area contributed by atoms with Gasteiger partial charge in [-0.1, -0.05) is 32.9 Å². The van der Waals surface area contributed by atoms with Crippen LogP contribution in [-0.2, 0) is 0 Å². The van der Waals surface area contributed by atoms with Gasteiger partial charge in [0.2, 0.25) is 0 Å². The molecule has 1 N–H and O–H groups in total. The van der Waals surface area contributed by atoms with Crippen molar-refractivity contribution in [3.05, 3.63) is 29.8 Å². The third kappa shape index (κ3) is 3.73. The lowest BCUT2D eigenvalue weighted by atomic mass is 9.85. The first-order chi connectivity index (χ1) is 9.02. The van der Waals surface area contributed by atoms with Gasteiger partial charge in [0, 0.05) is 18.8 Å². The minimum Gasteiger partial charge on any atom is -0.388 e. The predicted octanol–water partition coefficient (Wildman–Crippen LogP) is 4.15. The molecule has 0 bridgehead atoms. The van der Waals surface area contributed by atoms with Crippen molar-refractivity contribution in [1.82, 2.24) is 0 Å². The van der Waals surface area contributed by atoms with Crippen LogP contribution in [-0.4, -0.2) is 18.2 Å². The van der Waals surface area contributed by atoms with Gasteiger partial charge in [0.25, 0.3) is 0 Å². The lowest BCUT2D eigenvalue weighted by Crippen LogP contribution is -2.24. The molecule has 0 amide bonds. The molecule has 0 saturated carbocycles. The van der Waals surface area contributed by atoms with E-state index in [2.05, 4.69) is 43.0 Å². The van der Waals surface area contributed by atoms with Crippen molar-refractivity contribution >= 4 is 5.69 Å². The largest absolute Gasteiger partial charge is 0.388 e. The van der Waals surface area contributed by atoms with E-state index in [-0.39, 0.29) is 6.10 Å². The number of anilines is 1. The number of rotatable bonds is 3. The summed E-state index contributed by atoms with van der Waals surface area (Å²) in [6.45, 7) is 9.05. The lowest BCUT2D eigenvalue weighted by molar-refractivity contribution is 0.173. The van der Waals surface area contributed by atoms with E-state index in [1.807, 2.05) is 6.92 Å². The Morgan fingerprint density at radius 3 is 2.47 bits per heavy atom. The van der Waals surface area contributed by atoms with Crippen LogP contribution in [0.25, 0.3) is 0 Å². The van der Waals surface area contributed by atoms with Crippen molar-refractivity contribution in [2.75, 3.05) is 18.0 Å². The highest BCUT2D eigenvalue weighted by Crippen LogP contribution is 2.32. The smallest absolute Gasteiger partial charge is 0.0787 e. The number of hydrogen-bond acceptors (Lipinski definition) is 2. The Labute approximate surface area is 117 Å². The Bertz CT molecular complexity index is 396. The van der Waals surface area contributed by atoms with Crippen LogP contribution in [0.1, 0.15) is 58.1 Å². The third-order valence-corrected chi connectivity index (χ3v) is 4.37. The molecule has 1 aliphatic rings. The Hall–Kier alpha value is -1.02. The molecular weight excluding hydrogens is 234 g/mol. The normalized spacial score (nSPS) is 20.9. The molecular formula is C17H27NO. The zero-order valence-corrected chi connectivity index (χ0v) is 12.5. The van der Waals surface area contributed by atoms with Gasteiger partial charge in [-0.25, -0.2) is 0 Å². The van der Waals surface area contributed by atoms with Crippen LogP contribution in [0, 0.1) is 5.41 Å². The Morgan fingerprint density at radius 1 is 1.16 bits per heavy atom. The summed E-state index contributed by atoms with van der Waals surface area (Å²) in [5, 5.41) is 9.83. The first-order valence-electron chi connectivity index (χ1n) is 7.55. The SMILES string of the molecule is CCC(O)c1ccc(N2CCCC(C)(C)CC2)cc1. The first-order valence-corrected chi connectivity index (χ1v) is 7.55. The lowest BCUT2D eigenvalue weighted by Gasteiger charge is -2.25. The van der Waals surface area contributed by atoms with Crippen molar-refractivity contribution in [2.24, 2.45) is 5.41 Å². The van der Waals surface area contributed by atoms with Gasteiger partial charge in [-0.05, 0) is 48.8 Å². The molecule has 0 radical (unpaired) electrons. The molecule has 2 heteroatoms. The average molecular weight is 261 g/mol. The molecule has 2 rings (SSSR count). The molecule has 1 atom stereocenters. The molecule has 1 fully saturated rings. The molecule has 0 aromatic heterocycles. The summed E-state index contributed by atoms with van der Waals surface area (Å²) in [7, 11) is 0. The predicted molar refractivity (Wildman–Crippen MR) is 81.5 cm³/mol. The van der Waals surface area contributed by atoms with E-state index < -0.39 is 0 Å². The van der Waals surface area contributed by atoms with E-state index in [9.17, 15) is 5.11 Å². The van der Waals surface area contributed by atoms with E-state index >= 15 is 0 Å². The molecule has 1 saturated heterocycles. The number of aliphatic hydroxyl groups excluding tert-OH is 1. The van der Waals surface area contributed by atoms with Gasteiger partial charge in [0.15, 0.2) is 0 Å². The number of hydrogen-bond donors (Lipinski definition) is 1. The second-order valence-electron chi connectivity index (χ2n) is 6.52. The van der Waals surface area contributed by atoms with Gasteiger partial charge in [0.05, 0.1) is 6.10 Å². The summed E-state index contributed by atoms with van der Waals surface area (Å²) in [4.78, 5) is 2.48. The van der Waals surface area contributed by atoms with Gasteiger partial charge >= 0.3 is 0 Å². The van der Waals surface area contributed by atoms with E-state index in [0.29, 0.717) is 5.41 Å². The van der Waals surface area contributed by atoms with Crippen LogP contribution in [0.2, 0.25) is 0 Å². The van der Waals surface area contributed by atoms with Crippen molar-refractivity contribution in [3.63, 3.8) is 0 Å². The summed E-state index contributed by atoms with van der Waals surface area (Å²) in [6.07, 6.45) is 4.30. The summed E-state index contributed by atoms with van der Waals surface area (Å²) >= 11 is 0. The van der Waals surface area contributed by atoms with Gasteiger partial charge in [0.1, 0.15) is 0 Å². The Kier molecular flexibility index (Phi) is 4.51. The molecule has 0 spiro atoms. The quantitative estimate of drug-likeness (QED) is 0.883. The molecule has 2 nitrogen and oxygen atoms in total. The maximum atomic E-state index is 9.83. The van der Waals surface area contributed by atoms with Crippen LogP contribution < -0.4 is 4.90 Å². The molecule has 1 heterocycles. The topological polar surface area (TPSA) is 23.5 Å². The van der Waals surface area contributed by atoms with E-state index in [0.717, 1.165) is 25.1 Å². The maximum Gasteiger partial charge on any atom is 0.0787 e. The minimum absolute atomic E-state index is 0.322. The number of nitrogens with zero attached hydrogens (tertiary/aromatic N) is 1. The Morgan fingerprint density at radius 2 is 1.84 bits per heavy atom. The summed E-state index contributed by atoms with van der Waals surface area (Å²) < 4.78 is 0. The van der Waals surface area contributed by atoms with Crippen LogP contribution in [0.4, 0.5) is 5.69 Å². The standard InChI is InChI=1S/C17H27NO/c1-4-16(19)14-6-8-15(9-7-14)18-12-5-10-17(2,3)11-13-18/h6-9,16,19H,4-5,10-13H2,1-3H3. The molecule has 1 aromatic rings. The highest BCUT2D eigenvalue weighted by molar-refractivity contribution is 5.48.